The summed E-state index contributed by atoms with van der Waals surface area (Å²) in [6.45, 7) is 8.09. The minimum absolute atomic E-state index is 0.0465. The zero-order valence-electron chi connectivity index (χ0n) is 21.8. The number of fused-ring (bicyclic) bond motifs is 1. The molecular formula is C24H35N6O6P. The van der Waals surface area contributed by atoms with E-state index in [1.54, 1.807) is 27.3 Å². The van der Waals surface area contributed by atoms with Crippen molar-refractivity contribution >= 4 is 31.6 Å². The number of rotatable bonds is 15. The van der Waals surface area contributed by atoms with Gasteiger partial charge in [0, 0.05) is 13.2 Å². The van der Waals surface area contributed by atoms with Crippen LogP contribution in [-0.4, -0.2) is 64.6 Å². The Morgan fingerprint density at radius 2 is 1.95 bits per heavy atom. The van der Waals surface area contributed by atoms with E-state index in [0.29, 0.717) is 35.8 Å². The van der Waals surface area contributed by atoms with Crippen molar-refractivity contribution in [1.29, 1.82) is 0 Å². The van der Waals surface area contributed by atoms with Crippen LogP contribution in [0.3, 0.4) is 0 Å². The number of carbonyl (C=O) groups is 1. The molecule has 12 nitrogen and oxygen atoms in total. The van der Waals surface area contributed by atoms with Crippen molar-refractivity contribution in [2.24, 2.45) is 0 Å². The predicted molar refractivity (Wildman–Crippen MR) is 140 cm³/mol. The fourth-order valence-corrected chi connectivity index (χ4v) is 4.54. The van der Waals surface area contributed by atoms with Crippen LogP contribution in [0.25, 0.3) is 11.2 Å². The van der Waals surface area contributed by atoms with Crippen LogP contribution in [0.1, 0.15) is 40.2 Å². The van der Waals surface area contributed by atoms with Crippen molar-refractivity contribution in [3.8, 4) is 11.6 Å². The number of ether oxygens (including phenoxy) is 3. The Bertz CT molecular complexity index is 1130. The van der Waals surface area contributed by atoms with Gasteiger partial charge in [0.25, 0.3) is 0 Å². The van der Waals surface area contributed by atoms with Gasteiger partial charge in [-0.3, -0.25) is 4.79 Å². The number of nitrogens with two attached hydrogens (primary N) is 1. The number of methoxy groups -OCH3 is 1. The molecule has 202 valence electrons. The number of carbonyl (C=O) groups excluding carboxylic acids is 1. The molecule has 0 amide bonds. The first-order valence-corrected chi connectivity index (χ1v) is 13.2. The number of nitrogens with one attached hydrogen (secondary N) is 1. The minimum Gasteiger partial charge on any atom is -0.476 e. The molecule has 0 radical (unpaired) electrons. The predicted octanol–water partition coefficient (Wildman–Crippen LogP) is 3.64. The summed E-state index contributed by atoms with van der Waals surface area (Å²) in [7, 11) is -0.0286. The second-order valence-corrected chi connectivity index (χ2v) is 9.69. The van der Waals surface area contributed by atoms with E-state index < -0.39 is 8.53 Å². The average molecular weight is 535 g/mol. The molecule has 0 aliphatic heterocycles. The quantitative estimate of drug-likeness (QED) is 0.218. The molecule has 3 unspecified atom stereocenters. The molecule has 3 atom stereocenters. The second kappa shape index (κ2) is 14.0. The monoisotopic (exact) mass is 534 g/mol. The maximum absolute atomic E-state index is 12.0. The Morgan fingerprint density at radius 1 is 1.19 bits per heavy atom. The zero-order chi connectivity index (χ0) is 26.8. The van der Waals surface area contributed by atoms with Crippen LogP contribution in [0.15, 0.2) is 36.7 Å². The molecule has 2 heterocycles. The first-order chi connectivity index (χ1) is 17.8. The van der Waals surface area contributed by atoms with E-state index in [1.807, 2.05) is 48.7 Å². The lowest BCUT2D eigenvalue weighted by Crippen LogP contribution is -2.27. The summed E-state index contributed by atoms with van der Waals surface area (Å²) in [6, 6.07) is 9.18. The van der Waals surface area contributed by atoms with Gasteiger partial charge in [0.15, 0.2) is 11.2 Å². The van der Waals surface area contributed by atoms with Crippen molar-refractivity contribution in [3.63, 3.8) is 0 Å². The molecule has 0 fully saturated rings. The Hall–Kier alpha value is -3.05. The first kappa shape index (κ1) is 28.5. The number of para-hydroxylation sites is 1. The number of nitrogen functional groups attached to an aromatic ring is 1. The van der Waals surface area contributed by atoms with Gasteiger partial charge < -0.3 is 33.6 Å². The van der Waals surface area contributed by atoms with Gasteiger partial charge in [-0.1, -0.05) is 18.2 Å². The van der Waals surface area contributed by atoms with Crippen LogP contribution in [-0.2, 0) is 18.8 Å². The molecule has 2 aromatic heterocycles. The lowest BCUT2D eigenvalue weighted by atomic mass is 10.1. The summed E-state index contributed by atoms with van der Waals surface area (Å²) in [5.41, 5.74) is 7.02. The summed E-state index contributed by atoms with van der Waals surface area (Å²) in [5.74, 6) is 0.697. The number of hydrogen-bond donors (Lipinski definition) is 2. The van der Waals surface area contributed by atoms with Gasteiger partial charge >= 0.3 is 14.5 Å². The molecule has 3 N–H and O–H groups in total. The third-order valence-electron chi connectivity index (χ3n) is 5.13. The maximum atomic E-state index is 12.0. The Morgan fingerprint density at radius 3 is 2.62 bits per heavy atom. The topological polar surface area (TPSA) is 145 Å². The molecule has 0 spiro atoms. The summed E-state index contributed by atoms with van der Waals surface area (Å²) in [6.07, 6.45) is 1.78. The summed E-state index contributed by atoms with van der Waals surface area (Å²) in [4.78, 5) is 25.0. The van der Waals surface area contributed by atoms with Crippen LogP contribution in [0.2, 0.25) is 0 Å². The molecule has 3 aromatic rings. The molecule has 13 heteroatoms. The largest absolute Gasteiger partial charge is 0.476 e. The van der Waals surface area contributed by atoms with Gasteiger partial charge in [-0.2, -0.15) is 9.97 Å². The normalized spacial score (nSPS) is 13.9. The van der Waals surface area contributed by atoms with Gasteiger partial charge in [0.2, 0.25) is 11.8 Å². The van der Waals surface area contributed by atoms with Gasteiger partial charge in [-0.05, 0) is 46.2 Å². The molecule has 1 aromatic carbocycles. The smallest absolute Gasteiger partial charge is 0.320 e. The average Bonchev–Trinajstić information content (AvgIpc) is 3.29. The SMILES string of the molecule is CCOc1nc(N)nc2c1ncn2C(C)CC(COP(NCC(=O)OC(C)C)Oc1ccccc1)OC. The summed E-state index contributed by atoms with van der Waals surface area (Å²) in [5, 5.41) is 3.01. The van der Waals surface area contributed by atoms with Gasteiger partial charge in [0.1, 0.15) is 12.3 Å². The fraction of sp³-hybridized carbons (Fsp3) is 0.500. The molecule has 0 saturated carbocycles. The van der Waals surface area contributed by atoms with Crippen molar-refractivity contribution in [1.82, 2.24) is 24.6 Å². The number of benzene rings is 1. The maximum Gasteiger partial charge on any atom is 0.320 e. The first-order valence-electron chi connectivity index (χ1n) is 12.0. The van der Waals surface area contributed by atoms with Crippen molar-refractivity contribution < 1.29 is 28.1 Å². The minimum atomic E-state index is -1.65. The van der Waals surface area contributed by atoms with E-state index in [0.717, 1.165) is 0 Å². The number of anilines is 1. The molecular weight excluding hydrogens is 499 g/mol. The van der Waals surface area contributed by atoms with Crippen LogP contribution in [0, 0.1) is 0 Å². The highest BCUT2D eigenvalue weighted by Crippen LogP contribution is 2.36. The molecule has 0 aliphatic rings. The van der Waals surface area contributed by atoms with Crippen molar-refractivity contribution in [2.75, 3.05) is 32.6 Å². The highest BCUT2D eigenvalue weighted by atomic mass is 31.2. The van der Waals surface area contributed by atoms with E-state index in [9.17, 15) is 4.79 Å². The highest BCUT2D eigenvalue weighted by Gasteiger charge is 2.23. The summed E-state index contributed by atoms with van der Waals surface area (Å²) < 4.78 is 30.4. The van der Waals surface area contributed by atoms with Crippen molar-refractivity contribution in [2.45, 2.75) is 52.4 Å². The zero-order valence-corrected chi connectivity index (χ0v) is 22.7. The van der Waals surface area contributed by atoms with Crippen LogP contribution in [0.5, 0.6) is 11.6 Å². The molecule has 3 rings (SSSR count). The number of nitrogens with zero attached hydrogens (tertiary/aromatic N) is 4. The number of hydrogen-bond acceptors (Lipinski definition) is 11. The standard InChI is InChI=1S/C24H35N6O6P/c1-6-33-23-21-22(28-24(25)29-23)30(15-26-21)17(4)12-19(32-5)14-34-37(27-13-20(31)35-16(2)3)36-18-10-8-7-9-11-18/h7-11,15-17,19,27H,6,12-14H2,1-5H3,(H2,25,28,29). The van der Waals surface area contributed by atoms with Gasteiger partial charge in [-0.15, -0.1) is 0 Å². The lowest BCUT2D eigenvalue weighted by molar-refractivity contribution is -0.145. The molecule has 0 bridgehead atoms. The highest BCUT2D eigenvalue weighted by molar-refractivity contribution is 7.45. The fourth-order valence-electron chi connectivity index (χ4n) is 3.46. The third-order valence-corrected chi connectivity index (χ3v) is 6.31. The van der Waals surface area contributed by atoms with E-state index in [2.05, 4.69) is 20.0 Å². The molecule has 0 saturated heterocycles. The lowest BCUT2D eigenvalue weighted by Gasteiger charge is -2.24. The molecule has 37 heavy (non-hydrogen) atoms. The van der Waals surface area contributed by atoms with Gasteiger partial charge in [0.05, 0.1) is 31.7 Å². The van der Waals surface area contributed by atoms with Gasteiger partial charge in [-0.25, -0.2) is 10.1 Å². The van der Waals surface area contributed by atoms with E-state index in [-0.39, 0.29) is 43.3 Å². The van der Waals surface area contributed by atoms with Crippen molar-refractivity contribution in [3.05, 3.63) is 36.7 Å². The van der Waals surface area contributed by atoms with E-state index in [1.165, 1.54) is 0 Å². The Labute approximate surface area is 217 Å². The number of imidazole rings is 1. The Kier molecular flexibility index (Phi) is 10.8. The van der Waals surface area contributed by atoms with Crippen LogP contribution < -0.4 is 20.1 Å². The third kappa shape index (κ3) is 8.50. The second-order valence-electron chi connectivity index (χ2n) is 8.42. The van der Waals surface area contributed by atoms with Crippen LogP contribution >= 0.6 is 8.53 Å². The number of aromatic nitrogens is 4. The van der Waals surface area contributed by atoms with E-state index in [4.69, 9.17) is 29.0 Å². The number of esters is 1. The molecule has 0 aliphatic carbocycles. The van der Waals surface area contributed by atoms with E-state index >= 15 is 0 Å². The summed E-state index contributed by atoms with van der Waals surface area (Å²) >= 11 is 0. The van der Waals surface area contributed by atoms with Crippen LogP contribution in [0.4, 0.5) is 5.95 Å². The Balaban J connectivity index is 1.66.